The van der Waals surface area contributed by atoms with Crippen molar-refractivity contribution >= 4 is 0 Å². The molecule has 0 aliphatic carbocycles. The van der Waals surface area contributed by atoms with Crippen molar-refractivity contribution in [3.63, 3.8) is 0 Å². The van der Waals surface area contributed by atoms with E-state index in [4.69, 9.17) is 5.26 Å². The molecule has 17 heavy (non-hydrogen) atoms. The van der Waals surface area contributed by atoms with Crippen molar-refractivity contribution in [3.05, 3.63) is 47.8 Å². The summed E-state index contributed by atoms with van der Waals surface area (Å²) in [5, 5.41) is 8.84. The minimum atomic E-state index is 0.425. The summed E-state index contributed by atoms with van der Waals surface area (Å²) >= 11 is 0. The monoisotopic (exact) mass is 223 g/mol. The predicted molar refractivity (Wildman–Crippen MR) is 66.3 cm³/mol. The van der Waals surface area contributed by atoms with Gasteiger partial charge in [0.05, 0.1) is 11.6 Å². The Hall–Kier alpha value is -2.21. The topological polar surface area (TPSA) is 49.6 Å². The fraction of sp³-hybridized carbons (Fsp3) is 0.214. The predicted octanol–water partition coefficient (Wildman–Crippen LogP) is 3.14. The van der Waals surface area contributed by atoms with Crippen LogP contribution in [0.3, 0.4) is 0 Å². The van der Waals surface area contributed by atoms with Gasteiger partial charge in [0, 0.05) is 18.0 Å². The highest BCUT2D eigenvalue weighted by Gasteiger charge is 2.04. The molecule has 0 spiro atoms. The SMILES string of the molecule is CC(C)c1cnc(-c2cccc(C#N)c2)nc1. The lowest BCUT2D eigenvalue weighted by Gasteiger charge is -2.05. The first kappa shape index (κ1) is 11.3. The molecule has 0 saturated heterocycles. The normalized spacial score (nSPS) is 10.2. The first-order valence-electron chi connectivity index (χ1n) is 5.53. The molecule has 84 valence electrons. The smallest absolute Gasteiger partial charge is 0.159 e. The number of nitrogens with zero attached hydrogens (tertiary/aromatic N) is 3. The Morgan fingerprint density at radius 1 is 1.18 bits per heavy atom. The zero-order valence-electron chi connectivity index (χ0n) is 9.88. The lowest BCUT2D eigenvalue weighted by atomic mass is 10.1. The molecule has 1 aromatic heterocycles. The molecule has 3 heteroatoms. The summed E-state index contributed by atoms with van der Waals surface area (Å²) in [5.41, 5.74) is 2.61. The lowest BCUT2D eigenvalue weighted by Crippen LogP contribution is -1.94. The Bertz CT molecular complexity index is 550. The van der Waals surface area contributed by atoms with Gasteiger partial charge in [-0.25, -0.2) is 9.97 Å². The molecule has 0 amide bonds. The van der Waals surface area contributed by atoms with Crippen molar-refractivity contribution in [1.29, 1.82) is 5.26 Å². The van der Waals surface area contributed by atoms with E-state index in [1.54, 1.807) is 12.1 Å². The summed E-state index contributed by atoms with van der Waals surface area (Å²) in [6.07, 6.45) is 3.68. The molecule has 1 heterocycles. The zero-order chi connectivity index (χ0) is 12.3. The second-order valence-corrected chi connectivity index (χ2v) is 4.19. The number of aromatic nitrogens is 2. The van der Waals surface area contributed by atoms with Crippen LogP contribution >= 0.6 is 0 Å². The Morgan fingerprint density at radius 3 is 2.47 bits per heavy atom. The largest absolute Gasteiger partial charge is 0.236 e. The van der Waals surface area contributed by atoms with E-state index in [-0.39, 0.29) is 0 Å². The first-order chi connectivity index (χ1) is 8.20. The van der Waals surface area contributed by atoms with Gasteiger partial charge in [0.2, 0.25) is 0 Å². The van der Waals surface area contributed by atoms with E-state index in [2.05, 4.69) is 29.9 Å². The van der Waals surface area contributed by atoms with Gasteiger partial charge < -0.3 is 0 Å². The fourth-order valence-corrected chi connectivity index (χ4v) is 1.51. The molecule has 0 unspecified atom stereocenters. The molecular weight excluding hydrogens is 210 g/mol. The number of benzene rings is 1. The lowest BCUT2D eigenvalue weighted by molar-refractivity contribution is 0.847. The summed E-state index contributed by atoms with van der Waals surface area (Å²) in [7, 11) is 0. The van der Waals surface area contributed by atoms with E-state index in [0.717, 1.165) is 11.1 Å². The van der Waals surface area contributed by atoms with E-state index in [1.807, 2.05) is 24.5 Å². The van der Waals surface area contributed by atoms with Crippen LogP contribution in [0.5, 0.6) is 0 Å². The van der Waals surface area contributed by atoms with E-state index in [0.29, 0.717) is 17.3 Å². The van der Waals surface area contributed by atoms with Gasteiger partial charge in [0.1, 0.15) is 0 Å². The van der Waals surface area contributed by atoms with Crippen LogP contribution in [0.4, 0.5) is 0 Å². The van der Waals surface area contributed by atoms with Gasteiger partial charge in [-0.15, -0.1) is 0 Å². The maximum atomic E-state index is 8.84. The van der Waals surface area contributed by atoms with Crippen LogP contribution in [0, 0.1) is 11.3 Å². The third kappa shape index (κ3) is 2.48. The molecule has 2 aromatic rings. The van der Waals surface area contributed by atoms with E-state index in [9.17, 15) is 0 Å². The van der Waals surface area contributed by atoms with E-state index < -0.39 is 0 Å². The first-order valence-corrected chi connectivity index (χ1v) is 5.53. The average Bonchev–Trinajstić information content (AvgIpc) is 2.39. The van der Waals surface area contributed by atoms with Crippen LogP contribution in [0.2, 0.25) is 0 Å². The van der Waals surface area contributed by atoms with Gasteiger partial charge >= 0.3 is 0 Å². The van der Waals surface area contributed by atoms with Crippen molar-refractivity contribution < 1.29 is 0 Å². The van der Waals surface area contributed by atoms with Gasteiger partial charge in [-0.3, -0.25) is 0 Å². The molecule has 0 aliphatic heterocycles. The standard InChI is InChI=1S/C14H13N3/c1-10(2)13-8-16-14(17-9-13)12-5-3-4-11(6-12)7-15/h3-6,8-10H,1-2H3. The van der Waals surface area contributed by atoms with Crippen LogP contribution < -0.4 is 0 Å². The van der Waals surface area contributed by atoms with Crippen LogP contribution in [0.15, 0.2) is 36.7 Å². The van der Waals surface area contributed by atoms with Crippen LogP contribution in [0.1, 0.15) is 30.9 Å². The molecule has 0 aliphatic rings. The van der Waals surface area contributed by atoms with E-state index >= 15 is 0 Å². The van der Waals surface area contributed by atoms with Gasteiger partial charge in [0.25, 0.3) is 0 Å². The Labute approximate surface area is 101 Å². The zero-order valence-corrected chi connectivity index (χ0v) is 9.88. The van der Waals surface area contributed by atoms with Crippen molar-refractivity contribution in [2.24, 2.45) is 0 Å². The molecule has 1 aromatic carbocycles. The minimum absolute atomic E-state index is 0.425. The van der Waals surface area contributed by atoms with Crippen LogP contribution in [0.25, 0.3) is 11.4 Å². The molecular formula is C14H13N3. The Balaban J connectivity index is 2.37. The van der Waals surface area contributed by atoms with Crippen LogP contribution in [-0.4, -0.2) is 9.97 Å². The minimum Gasteiger partial charge on any atom is -0.236 e. The molecule has 0 fully saturated rings. The third-order valence-corrected chi connectivity index (χ3v) is 2.59. The highest BCUT2D eigenvalue weighted by molar-refractivity contribution is 5.57. The van der Waals surface area contributed by atoms with Gasteiger partial charge in [-0.1, -0.05) is 26.0 Å². The summed E-state index contributed by atoms with van der Waals surface area (Å²) in [5.74, 6) is 1.08. The summed E-state index contributed by atoms with van der Waals surface area (Å²) in [6.45, 7) is 4.21. The van der Waals surface area contributed by atoms with Gasteiger partial charge in [-0.2, -0.15) is 5.26 Å². The van der Waals surface area contributed by atoms with Gasteiger partial charge in [0.15, 0.2) is 5.82 Å². The molecule has 0 atom stereocenters. The molecule has 0 radical (unpaired) electrons. The van der Waals surface area contributed by atoms with E-state index in [1.165, 1.54) is 0 Å². The summed E-state index contributed by atoms with van der Waals surface area (Å²) < 4.78 is 0. The number of nitriles is 1. The highest BCUT2D eigenvalue weighted by atomic mass is 14.9. The van der Waals surface area contributed by atoms with Crippen molar-refractivity contribution in [2.75, 3.05) is 0 Å². The molecule has 0 saturated carbocycles. The summed E-state index contributed by atoms with van der Waals surface area (Å²) in [6, 6.07) is 9.43. The molecule has 0 bridgehead atoms. The Kier molecular flexibility index (Phi) is 3.15. The van der Waals surface area contributed by atoms with Crippen LogP contribution in [-0.2, 0) is 0 Å². The summed E-state index contributed by atoms with van der Waals surface area (Å²) in [4.78, 5) is 8.65. The second kappa shape index (κ2) is 4.75. The fourth-order valence-electron chi connectivity index (χ4n) is 1.51. The van der Waals surface area contributed by atoms with Gasteiger partial charge in [-0.05, 0) is 23.6 Å². The maximum Gasteiger partial charge on any atom is 0.159 e. The maximum absolute atomic E-state index is 8.84. The quantitative estimate of drug-likeness (QED) is 0.785. The van der Waals surface area contributed by atoms with Crippen molar-refractivity contribution in [2.45, 2.75) is 19.8 Å². The van der Waals surface area contributed by atoms with Crippen molar-refractivity contribution in [1.82, 2.24) is 9.97 Å². The average molecular weight is 223 g/mol. The molecule has 2 rings (SSSR count). The van der Waals surface area contributed by atoms with Crippen molar-refractivity contribution in [3.8, 4) is 17.5 Å². The third-order valence-electron chi connectivity index (χ3n) is 2.59. The molecule has 3 nitrogen and oxygen atoms in total. The number of rotatable bonds is 2. The number of hydrogen-bond acceptors (Lipinski definition) is 3. The molecule has 0 N–H and O–H groups in total. The Morgan fingerprint density at radius 2 is 1.88 bits per heavy atom. The second-order valence-electron chi connectivity index (χ2n) is 4.19. The number of hydrogen-bond donors (Lipinski definition) is 0. The highest BCUT2D eigenvalue weighted by Crippen LogP contribution is 2.18.